The maximum absolute atomic E-state index is 2.27. The highest BCUT2D eigenvalue weighted by Crippen LogP contribution is 2.03. The first-order valence-corrected chi connectivity index (χ1v) is 4.09. The monoisotopic (exact) mass is 347 g/mol. The van der Waals surface area contributed by atoms with Gasteiger partial charge < -0.3 is 69.4 Å². The second-order valence-electron chi connectivity index (χ2n) is 2.61. The summed E-state index contributed by atoms with van der Waals surface area (Å²) in [6.07, 6.45) is 0. The van der Waals surface area contributed by atoms with E-state index in [1.165, 1.54) is 30.7 Å². The molecular formula is C8H42FNO11. The molecule has 0 radical (unpaired) electrons. The Morgan fingerprint density at radius 1 is 0.381 bits per heavy atom. The maximum atomic E-state index is 2.27. The maximum Gasteiger partial charge on any atom is 0.0757 e. The molecule has 0 atom stereocenters. The van der Waals surface area contributed by atoms with Crippen LogP contribution in [-0.2, 0) is 0 Å². The topological polar surface area (TPSA) is 346 Å². The van der Waals surface area contributed by atoms with Crippen molar-refractivity contribution in [2.75, 3.05) is 26.2 Å². The van der Waals surface area contributed by atoms with Crippen molar-refractivity contribution in [1.29, 1.82) is 0 Å². The summed E-state index contributed by atoms with van der Waals surface area (Å²) in [7, 11) is 0. The molecular weight excluding hydrogens is 305 g/mol. The summed E-state index contributed by atoms with van der Waals surface area (Å²) in [5.41, 5.74) is 0. The van der Waals surface area contributed by atoms with E-state index < -0.39 is 0 Å². The zero-order valence-electron chi connectivity index (χ0n) is 13.2. The molecule has 0 saturated carbocycles. The van der Waals surface area contributed by atoms with E-state index in [9.17, 15) is 0 Å². The number of rotatable bonds is 4. The minimum Gasteiger partial charge on any atom is -1.00 e. The molecule has 21 heavy (non-hydrogen) atoms. The van der Waals surface area contributed by atoms with E-state index in [0.717, 1.165) is 0 Å². The van der Waals surface area contributed by atoms with Gasteiger partial charge in [0.25, 0.3) is 0 Å². The minimum absolute atomic E-state index is 0. The van der Waals surface area contributed by atoms with Crippen molar-refractivity contribution in [3.8, 4) is 0 Å². The highest BCUT2D eigenvalue weighted by atomic mass is 19.0. The SMILES string of the molecule is CC[N+](CC)(CC)CC.O.O.O.O.O.O.O.O.O.O.O.[F-]. The fourth-order valence-electron chi connectivity index (χ4n) is 1.34. The van der Waals surface area contributed by atoms with E-state index in [1.54, 1.807) is 0 Å². The standard InChI is InChI=1S/C8H20N.FH.11H2O/c1-5-9(6-2,7-3)8-4;;;;;;;;;;;;/h5-8H2,1-4H3;1H;11*1H2/q+1;;;;;;;;;;;;/p-1. The van der Waals surface area contributed by atoms with Gasteiger partial charge in [0.15, 0.2) is 0 Å². The lowest BCUT2D eigenvalue weighted by Gasteiger charge is -2.34. The largest absolute Gasteiger partial charge is 1.00 e. The molecule has 0 bridgehead atoms. The predicted molar refractivity (Wildman–Crippen MR) is 82.2 cm³/mol. The molecule has 13 heteroatoms. The van der Waals surface area contributed by atoms with Gasteiger partial charge in [-0.1, -0.05) is 0 Å². The van der Waals surface area contributed by atoms with Crippen molar-refractivity contribution in [2.24, 2.45) is 0 Å². The van der Waals surface area contributed by atoms with E-state index in [2.05, 4.69) is 27.7 Å². The Hall–Kier alpha value is -0.550. The van der Waals surface area contributed by atoms with Gasteiger partial charge in [-0.15, -0.1) is 0 Å². The van der Waals surface area contributed by atoms with Crippen molar-refractivity contribution < 1.29 is 69.4 Å². The Morgan fingerprint density at radius 3 is 0.476 bits per heavy atom. The van der Waals surface area contributed by atoms with Gasteiger partial charge in [-0.2, -0.15) is 0 Å². The Kier molecular flexibility index (Phi) is 492. The van der Waals surface area contributed by atoms with E-state index in [-0.39, 0.29) is 64.9 Å². The molecule has 0 aliphatic heterocycles. The van der Waals surface area contributed by atoms with Crippen molar-refractivity contribution in [3.05, 3.63) is 0 Å². The van der Waals surface area contributed by atoms with Crippen LogP contribution in [0.15, 0.2) is 0 Å². The molecule has 12 nitrogen and oxygen atoms in total. The van der Waals surface area contributed by atoms with Gasteiger partial charge >= 0.3 is 0 Å². The second-order valence-corrected chi connectivity index (χ2v) is 2.61. The van der Waals surface area contributed by atoms with Gasteiger partial charge in [0.2, 0.25) is 0 Å². The smallest absolute Gasteiger partial charge is 0.0757 e. The fraction of sp³-hybridized carbons (Fsp3) is 1.00. The number of hydrogen-bond acceptors (Lipinski definition) is 0. The molecule has 22 N–H and O–H groups in total. The first kappa shape index (κ1) is 139. The number of halogens is 1. The highest BCUT2D eigenvalue weighted by Gasteiger charge is 2.16. The quantitative estimate of drug-likeness (QED) is 0.427. The fourth-order valence-corrected chi connectivity index (χ4v) is 1.34. The first-order chi connectivity index (χ1) is 4.24. The second kappa shape index (κ2) is 74.1. The lowest BCUT2D eigenvalue weighted by atomic mass is 10.3. The summed E-state index contributed by atoms with van der Waals surface area (Å²) in [6.45, 7) is 14.2. The van der Waals surface area contributed by atoms with Gasteiger partial charge in [-0.25, -0.2) is 0 Å². The molecule has 0 aromatic carbocycles. The molecule has 0 amide bonds. The molecule has 0 unspecified atom stereocenters. The third kappa shape index (κ3) is 45.2. The lowest BCUT2D eigenvalue weighted by molar-refractivity contribution is -0.921. The zero-order chi connectivity index (χ0) is 7.33. The molecule has 152 valence electrons. The Bertz CT molecular complexity index is 73.1. The van der Waals surface area contributed by atoms with Crippen LogP contribution in [0.5, 0.6) is 0 Å². The summed E-state index contributed by atoms with van der Waals surface area (Å²) in [4.78, 5) is 0. The van der Waals surface area contributed by atoms with Crippen molar-refractivity contribution >= 4 is 0 Å². The van der Waals surface area contributed by atoms with Crippen molar-refractivity contribution in [2.45, 2.75) is 27.7 Å². The summed E-state index contributed by atoms with van der Waals surface area (Å²) in [5.74, 6) is 0. The average Bonchev–Trinajstić information content (AvgIpc) is 1.95. The van der Waals surface area contributed by atoms with Crippen LogP contribution in [0.1, 0.15) is 27.7 Å². The van der Waals surface area contributed by atoms with Gasteiger partial charge in [0.05, 0.1) is 26.2 Å². The van der Waals surface area contributed by atoms with E-state index >= 15 is 0 Å². The van der Waals surface area contributed by atoms with Crippen molar-refractivity contribution in [1.82, 2.24) is 0 Å². The van der Waals surface area contributed by atoms with Crippen LogP contribution in [-0.4, -0.2) is 90.9 Å². The van der Waals surface area contributed by atoms with Gasteiger partial charge in [0.1, 0.15) is 0 Å². The van der Waals surface area contributed by atoms with Crippen LogP contribution >= 0.6 is 0 Å². The molecule has 0 aromatic heterocycles. The molecule has 0 saturated heterocycles. The minimum atomic E-state index is 0. The molecule has 0 aliphatic rings. The highest BCUT2D eigenvalue weighted by molar-refractivity contribution is 4.31. The lowest BCUT2D eigenvalue weighted by Crippen LogP contribution is -3.00. The van der Waals surface area contributed by atoms with E-state index in [1.807, 2.05) is 0 Å². The molecule has 0 heterocycles. The van der Waals surface area contributed by atoms with Crippen molar-refractivity contribution in [3.63, 3.8) is 0 Å². The van der Waals surface area contributed by atoms with Crippen LogP contribution in [0, 0.1) is 0 Å². The summed E-state index contributed by atoms with van der Waals surface area (Å²) < 4.78 is 1.28. The summed E-state index contributed by atoms with van der Waals surface area (Å²) in [5, 5.41) is 0. The third-order valence-corrected chi connectivity index (χ3v) is 2.68. The Balaban J connectivity index is -0.00000000485. The van der Waals surface area contributed by atoms with Crippen LogP contribution in [0.25, 0.3) is 0 Å². The van der Waals surface area contributed by atoms with E-state index in [0.29, 0.717) is 0 Å². The zero-order valence-corrected chi connectivity index (χ0v) is 13.2. The molecule has 0 aromatic rings. The van der Waals surface area contributed by atoms with E-state index in [4.69, 9.17) is 0 Å². The number of hydrogen-bond donors (Lipinski definition) is 0. The molecule has 0 rings (SSSR count). The van der Waals surface area contributed by atoms with Gasteiger partial charge in [-0.05, 0) is 27.7 Å². The summed E-state index contributed by atoms with van der Waals surface area (Å²) >= 11 is 0. The van der Waals surface area contributed by atoms with Gasteiger partial charge in [-0.3, -0.25) is 0 Å². The number of nitrogens with zero attached hydrogens (tertiary/aromatic N) is 1. The van der Waals surface area contributed by atoms with Crippen LogP contribution < -0.4 is 4.70 Å². The average molecular weight is 347 g/mol. The summed E-state index contributed by atoms with van der Waals surface area (Å²) in [6, 6.07) is 0. The van der Waals surface area contributed by atoms with Crippen LogP contribution in [0.3, 0.4) is 0 Å². The Morgan fingerprint density at radius 2 is 0.476 bits per heavy atom. The molecule has 0 spiro atoms. The van der Waals surface area contributed by atoms with Crippen LogP contribution in [0.4, 0.5) is 0 Å². The normalized spacial score (nSPS) is 5.14. The van der Waals surface area contributed by atoms with Crippen LogP contribution in [0.2, 0.25) is 0 Å². The predicted octanol–water partition coefficient (Wildman–Crippen LogP) is -10.2. The number of quaternary nitrogens is 1. The van der Waals surface area contributed by atoms with Gasteiger partial charge in [0, 0.05) is 0 Å². The molecule has 0 fully saturated rings. The third-order valence-electron chi connectivity index (χ3n) is 2.68. The molecule has 0 aliphatic carbocycles. The Labute approximate surface area is 124 Å². The first-order valence-electron chi connectivity index (χ1n) is 4.09.